The van der Waals surface area contributed by atoms with Crippen molar-refractivity contribution in [3.8, 4) is 0 Å². The number of hydrogen-bond acceptors (Lipinski definition) is 4. The van der Waals surface area contributed by atoms with E-state index in [0.717, 1.165) is 0 Å². The van der Waals surface area contributed by atoms with Crippen LogP contribution in [0.3, 0.4) is 0 Å². The summed E-state index contributed by atoms with van der Waals surface area (Å²) in [6.45, 7) is 0.773. The largest absolute Gasteiger partial charge is 0.481 e. The van der Waals surface area contributed by atoms with Crippen molar-refractivity contribution in [2.45, 2.75) is 18.0 Å². The molecule has 5 nitrogen and oxygen atoms in total. The van der Waals surface area contributed by atoms with E-state index in [1.807, 2.05) is 0 Å². The molecular formula is C14H16F3NO4S. The molecule has 23 heavy (non-hydrogen) atoms. The number of hydrogen-bond donors (Lipinski definition) is 1. The van der Waals surface area contributed by atoms with Crippen molar-refractivity contribution in [1.29, 1.82) is 0 Å². The lowest BCUT2D eigenvalue weighted by atomic mass is 9.96. The number of nitrogens with zero attached hydrogens (tertiary/aromatic N) is 1. The third-order valence-corrected chi connectivity index (χ3v) is 5.75. The van der Waals surface area contributed by atoms with Gasteiger partial charge in [-0.2, -0.15) is 13.2 Å². The quantitative estimate of drug-likeness (QED) is 0.900. The first-order valence-electron chi connectivity index (χ1n) is 6.93. The summed E-state index contributed by atoms with van der Waals surface area (Å²) in [5.41, 5.74) is 0.373. The summed E-state index contributed by atoms with van der Waals surface area (Å²) < 4.78 is 62.3. The lowest BCUT2D eigenvalue weighted by Gasteiger charge is -2.20. The zero-order valence-electron chi connectivity index (χ0n) is 12.2. The molecule has 1 aliphatic heterocycles. The molecule has 0 radical (unpaired) electrons. The summed E-state index contributed by atoms with van der Waals surface area (Å²) in [6, 6.07) is 5.45. The van der Waals surface area contributed by atoms with Crippen LogP contribution in [0, 0.1) is 11.8 Å². The van der Waals surface area contributed by atoms with Crippen LogP contribution < -0.4 is 4.90 Å². The number of rotatable bonds is 4. The van der Waals surface area contributed by atoms with Crippen LogP contribution in [-0.2, 0) is 14.6 Å². The number of carboxylic acids is 1. The van der Waals surface area contributed by atoms with E-state index < -0.39 is 40.4 Å². The minimum Gasteiger partial charge on any atom is -0.481 e. The van der Waals surface area contributed by atoms with Crippen LogP contribution in [0.5, 0.6) is 0 Å². The molecule has 0 bridgehead atoms. The molecule has 1 heterocycles. The van der Waals surface area contributed by atoms with Crippen molar-refractivity contribution < 1.29 is 31.5 Å². The van der Waals surface area contributed by atoms with Crippen molar-refractivity contribution in [1.82, 2.24) is 0 Å². The zero-order valence-corrected chi connectivity index (χ0v) is 13.1. The van der Waals surface area contributed by atoms with Gasteiger partial charge in [0.2, 0.25) is 0 Å². The Bertz CT molecular complexity index is 685. The number of benzene rings is 1. The highest BCUT2D eigenvalue weighted by Gasteiger charge is 2.52. The highest BCUT2D eigenvalue weighted by atomic mass is 32.2. The molecule has 1 aromatic rings. The second-order valence-electron chi connectivity index (χ2n) is 5.40. The number of alkyl halides is 3. The molecule has 128 valence electrons. The predicted octanol–water partition coefficient (Wildman–Crippen LogP) is 2.18. The minimum absolute atomic E-state index is 0.0761. The average Bonchev–Trinajstić information content (AvgIpc) is 2.93. The molecule has 1 N–H and O–H groups in total. The summed E-state index contributed by atoms with van der Waals surface area (Å²) in [4.78, 5) is 12.5. The first-order valence-corrected chi connectivity index (χ1v) is 8.58. The molecule has 1 aliphatic rings. The van der Waals surface area contributed by atoms with Gasteiger partial charge in [-0.25, -0.2) is 8.42 Å². The molecule has 0 spiro atoms. The lowest BCUT2D eigenvalue weighted by molar-refractivity contribution is -0.187. The van der Waals surface area contributed by atoms with Gasteiger partial charge in [-0.1, -0.05) is 6.92 Å². The van der Waals surface area contributed by atoms with Gasteiger partial charge in [0.15, 0.2) is 9.84 Å². The molecule has 0 aliphatic carbocycles. The third-order valence-electron chi connectivity index (χ3n) is 4.00. The molecule has 1 fully saturated rings. The molecule has 2 rings (SSSR count). The Balaban J connectivity index is 2.25. The Morgan fingerprint density at radius 3 is 2.22 bits per heavy atom. The molecular weight excluding hydrogens is 335 g/mol. The van der Waals surface area contributed by atoms with Crippen LogP contribution in [0.2, 0.25) is 0 Å². The maximum atomic E-state index is 13.0. The van der Waals surface area contributed by atoms with Gasteiger partial charge in [0.05, 0.1) is 22.5 Å². The molecule has 0 unspecified atom stereocenters. The molecule has 1 aromatic carbocycles. The SMILES string of the molecule is CCS(=O)(=O)c1ccc(N2C[C@@H](C(F)(F)F)[C@H](C(=O)O)C2)cc1. The molecule has 0 aromatic heterocycles. The Morgan fingerprint density at radius 2 is 1.83 bits per heavy atom. The second kappa shape index (κ2) is 6.03. The van der Waals surface area contributed by atoms with E-state index >= 15 is 0 Å². The fourth-order valence-electron chi connectivity index (χ4n) is 2.63. The molecule has 9 heteroatoms. The summed E-state index contributed by atoms with van der Waals surface area (Å²) in [6.07, 6.45) is -4.59. The maximum absolute atomic E-state index is 13.0. The lowest BCUT2D eigenvalue weighted by Crippen LogP contribution is -2.33. The number of aliphatic carboxylic acids is 1. The fraction of sp³-hybridized carbons (Fsp3) is 0.500. The van der Waals surface area contributed by atoms with Crippen molar-refractivity contribution in [3.05, 3.63) is 24.3 Å². The Labute approximate surface area is 131 Å². The van der Waals surface area contributed by atoms with E-state index in [1.54, 1.807) is 0 Å². The van der Waals surface area contributed by atoms with E-state index in [-0.39, 0.29) is 17.2 Å². The fourth-order valence-corrected chi connectivity index (χ4v) is 3.51. The number of halogens is 3. The van der Waals surface area contributed by atoms with Gasteiger partial charge >= 0.3 is 12.1 Å². The van der Waals surface area contributed by atoms with Gasteiger partial charge in [-0.05, 0) is 24.3 Å². The van der Waals surface area contributed by atoms with Crippen LogP contribution >= 0.6 is 0 Å². The summed E-state index contributed by atoms with van der Waals surface area (Å²) in [5, 5.41) is 8.99. The van der Waals surface area contributed by atoms with E-state index in [1.165, 1.54) is 36.1 Å². The summed E-state index contributed by atoms with van der Waals surface area (Å²) in [7, 11) is -3.39. The normalized spacial score (nSPS) is 22.3. The van der Waals surface area contributed by atoms with E-state index in [2.05, 4.69) is 0 Å². The standard InChI is InChI=1S/C14H16F3NO4S/c1-2-23(21,22)10-5-3-9(4-6-10)18-7-11(13(19)20)12(8-18)14(15,16)17/h3-6,11-12H,2,7-8H2,1H3,(H,19,20)/t11-,12-/m1/s1. The van der Waals surface area contributed by atoms with Crippen LogP contribution in [0.15, 0.2) is 29.2 Å². The summed E-state index contributed by atoms with van der Waals surface area (Å²) >= 11 is 0. The average molecular weight is 351 g/mol. The van der Waals surface area contributed by atoms with Crippen molar-refractivity contribution in [2.75, 3.05) is 23.7 Å². The Morgan fingerprint density at radius 1 is 1.26 bits per heavy atom. The minimum atomic E-state index is -4.59. The Hall–Kier alpha value is -1.77. The number of carbonyl (C=O) groups is 1. The molecule has 2 atom stereocenters. The third kappa shape index (κ3) is 3.60. The van der Waals surface area contributed by atoms with Crippen LogP contribution in [0.4, 0.5) is 18.9 Å². The van der Waals surface area contributed by atoms with E-state index in [0.29, 0.717) is 5.69 Å². The zero-order chi connectivity index (χ0) is 17.4. The van der Waals surface area contributed by atoms with Gasteiger partial charge in [0.25, 0.3) is 0 Å². The first-order chi connectivity index (χ1) is 10.6. The molecule has 0 saturated carbocycles. The van der Waals surface area contributed by atoms with Crippen LogP contribution in [-0.4, -0.2) is 44.5 Å². The van der Waals surface area contributed by atoms with Crippen LogP contribution in [0.1, 0.15) is 6.92 Å². The van der Waals surface area contributed by atoms with Gasteiger partial charge in [-0.3, -0.25) is 4.79 Å². The van der Waals surface area contributed by atoms with Crippen molar-refractivity contribution in [3.63, 3.8) is 0 Å². The topological polar surface area (TPSA) is 74.7 Å². The Kier molecular flexibility index (Phi) is 4.61. The first kappa shape index (κ1) is 17.6. The van der Waals surface area contributed by atoms with Gasteiger partial charge in [-0.15, -0.1) is 0 Å². The maximum Gasteiger partial charge on any atom is 0.394 e. The number of carboxylic acid groups (broad SMARTS) is 1. The predicted molar refractivity (Wildman–Crippen MR) is 77.1 cm³/mol. The summed E-state index contributed by atoms with van der Waals surface area (Å²) in [5.74, 6) is -5.04. The molecule has 0 amide bonds. The number of sulfone groups is 1. The van der Waals surface area contributed by atoms with Gasteiger partial charge < -0.3 is 10.0 Å². The van der Waals surface area contributed by atoms with Crippen molar-refractivity contribution in [2.24, 2.45) is 11.8 Å². The van der Waals surface area contributed by atoms with E-state index in [4.69, 9.17) is 5.11 Å². The second-order valence-corrected chi connectivity index (χ2v) is 7.67. The van der Waals surface area contributed by atoms with Crippen molar-refractivity contribution >= 4 is 21.5 Å². The van der Waals surface area contributed by atoms with Gasteiger partial charge in [0, 0.05) is 18.8 Å². The highest BCUT2D eigenvalue weighted by Crippen LogP contribution is 2.39. The smallest absolute Gasteiger partial charge is 0.394 e. The number of anilines is 1. The monoisotopic (exact) mass is 351 g/mol. The van der Waals surface area contributed by atoms with E-state index in [9.17, 15) is 26.4 Å². The highest BCUT2D eigenvalue weighted by molar-refractivity contribution is 7.91. The molecule has 1 saturated heterocycles. The van der Waals surface area contributed by atoms with Gasteiger partial charge in [0.1, 0.15) is 0 Å². The van der Waals surface area contributed by atoms with Crippen LogP contribution in [0.25, 0.3) is 0 Å².